The third kappa shape index (κ3) is 4.20. The molecule has 1 N–H and O–H groups in total. The molecule has 2 aromatic rings. The molecular formula is C19H17F6N. The van der Waals surface area contributed by atoms with Crippen molar-refractivity contribution >= 4 is 0 Å². The Balaban J connectivity index is 2.08. The van der Waals surface area contributed by atoms with Crippen LogP contribution in [0.4, 0.5) is 26.3 Å². The van der Waals surface area contributed by atoms with Gasteiger partial charge in [-0.15, -0.1) is 0 Å². The molecule has 7 heteroatoms. The molecule has 26 heavy (non-hydrogen) atoms. The zero-order chi connectivity index (χ0) is 18.9. The highest BCUT2D eigenvalue weighted by Crippen LogP contribution is 2.38. The van der Waals surface area contributed by atoms with Gasteiger partial charge in [-0.1, -0.05) is 18.2 Å². The number of rotatable bonds is 2. The molecule has 3 rings (SSSR count). The van der Waals surface area contributed by atoms with Crippen molar-refractivity contribution in [3.05, 3.63) is 59.2 Å². The molecule has 0 aliphatic carbocycles. The van der Waals surface area contributed by atoms with E-state index in [-0.39, 0.29) is 17.0 Å². The Kier molecular flexibility index (Phi) is 5.01. The van der Waals surface area contributed by atoms with E-state index >= 15 is 0 Å². The quantitative estimate of drug-likeness (QED) is 0.651. The molecule has 0 amide bonds. The van der Waals surface area contributed by atoms with E-state index < -0.39 is 23.5 Å². The van der Waals surface area contributed by atoms with Gasteiger partial charge in [-0.2, -0.15) is 26.3 Å². The number of nitrogens with one attached hydrogen (secondary N) is 1. The van der Waals surface area contributed by atoms with Gasteiger partial charge in [0.1, 0.15) is 0 Å². The van der Waals surface area contributed by atoms with Crippen molar-refractivity contribution in [3.8, 4) is 11.1 Å². The van der Waals surface area contributed by atoms with Gasteiger partial charge in [0, 0.05) is 0 Å². The van der Waals surface area contributed by atoms with Gasteiger partial charge in [0.05, 0.1) is 11.1 Å². The molecule has 1 nitrogen and oxygen atoms in total. The van der Waals surface area contributed by atoms with Gasteiger partial charge in [-0.25, -0.2) is 0 Å². The van der Waals surface area contributed by atoms with E-state index in [0.717, 1.165) is 24.3 Å². The molecule has 0 aromatic heterocycles. The first kappa shape index (κ1) is 18.8. The standard InChI is InChI=1S/C19H17F6N/c20-18(21,22)16-3-1-2-13(9-16)15-8-14(12-4-6-26-7-5-12)10-17(11-15)19(23,24)25/h1-3,8-12,26H,4-7H2. The second-order valence-electron chi connectivity index (χ2n) is 6.44. The summed E-state index contributed by atoms with van der Waals surface area (Å²) < 4.78 is 78.7. The topological polar surface area (TPSA) is 12.0 Å². The second-order valence-corrected chi connectivity index (χ2v) is 6.44. The summed E-state index contributed by atoms with van der Waals surface area (Å²) >= 11 is 0. The van der Waals surface area contributed by atoms with E-state index in [4.69, 9.17) is 0 Å². The predicted octanol–water partition coefficient (Wildman–Crippen LogP) is 5.86. The molecule has 0 unspecified atom stereocenters. The van der Waals surface area contributed by atoms with Gasteiger partial charge in [-0.05, 0) is 72.8 Å². The number of hydrogen-bond acceptors (Lipinski definition) is 1. The first-order valence-electron chi connectivity index (χ1n) is 8.25. The van der Waals surface area contributed by atoms with Crippen LogP contribution in [0.5, 0.6) is 0 Å². The summed E-state index contributed by atoms with van der Waals surface area (Å²) in [6.45, 7) is 1.42. The molecule has 1 fully saturated rings. The van der Waals surface area contributed by atoms with Gasteiger partial charge < -0.3 is 5.32 Å². The first-order valence-corrected chi connectivity index (χ1v) is 8.25. The molecule has 0 spiro atoms. The largest absolute Gasteiger partial charge is 0.416 e. The number of alkyl halides is 6. The fraction of sp³-hybridized carbons (Fsp3) is 0.368. The summed E-state index contributed by atoms with van der Waals surface area (Å²) in [7, 11) is 0. The molecule has 1 aliphatic heterocycles. The van der Waals surface area contributed by atoms with Crippen molar-refractivity contribution in [1.82, 2.24) is 5.32 Å². The fourth-order valence-electron chi connectivity index (χ4n) is 3.25. The van der Waals surface area contributed by atoms with Crippen LogP contribution in [0.15, 0.2) is 42.5 Å². The van der Waals surface area contributed by atoms with E-state index in [9.17, 15) is 26.3 Å². The van der Waals surface area contributed by atoms with Crippen molar-refractivity contribution in [2.45, 2.75) is 31.1 Å². The van der Waals surface area contributed by atoms with Crippen molar-refractivity contribution in [3.63, 3.8) is 0 Å². The zero-order valence-corrected chi connectivity index (χ0v) is 13.7. The smallest absolute Gasteiger partial charge is 0.317 e. The van der Waals surface area contributed by atoms with Crippen molar-refractivity contribution < 1.29 is 26.3 Å². The van der Waals surface area contributed by atoms with Crippen LogP contribution in [-0.2, 0) is 12.4 Å². The average molecular weight is 373 g/mol. The second kappa shape index (κ2) is 6.95. The lowest BCUT2D eigenvalue weighted by molar-refractivity contribution is -0.138. The molecule has 2 aromatic carbocycles. The minimum atomic E-state index is -4.56. The van der Waals surface area contributed by atoms with E-state index in [1.165, 1.54) is 12.1 Å². The maximum Gasteiger partial charge on any atom is 0.416 e. The maximum absolute atomic E-state index is 13.3. The minimum absolute atomic E-state index is 0.0388. The average Bonchev–Trinajstić information content (AvgIpc) is 2.61. The predicted molar refractivity (Wildman–Crippen MR) is 86.7 cm³/mol. The molecule has 0 saturated carbocycles. The van der Waals surface area contributed by atoms with E-state index in [0.29, 0.717) is 31.5 Å². The van der Waals surface area contributed by atoms with Gasteiger partial charge in [0.25, 0.3) is 0 Å². The molecular weight excluding hydrogens is 356 g/mol. The number of hydrogen-bond donors (Lipinski definition) is 1. The lowest BCUT2D eigenvalue weighted by atomic mass is 9.87. The van der Waals surface area contributed by atoms with Gasteiger partial charge in [0.2, 0.25) is 0 Å². The maximum atomic E-state index is 13.3. The Labute approximate surface area is 147 Å². The van der Waals surface area contributed by atoms with Gasteiger partial charge >= 0.3 is 12.4 Å². The highest BCUT2D eigenvalue weighted by Gasteiger charge is 2.33. The third-order valence-electron chi connectivity index (χ3n) is 4.62. The molecule has 1 saturated heterocycles. The normalized spacial score (nSPS) is 16.7. The van der Waals surface area contributed by atoms with Gasteiger partial charge in [-0.3, -0.25) is 0 Å². The highest BCUT2D eigenvalue weighted by atomic mass is 19.4. The molecule has 140 valence electrons. The monoisotopic (exact) mass is 373 g/mol. The molecule has 1 aliphatic rings. The van der Waals surface area contributed by atoms with Crippen LogP contribution in [0.1, 0.15) is 35.4 Å². The zero-order valence-electron chi connectivity index (χ0n) is 13.7. The summed E-state index contributed by atoms with van der Waals surface area (Å²) in [5.74, 6) is -0.0388. The Morgan fingerprint density at radius 1 is 0.731 bits per heavy atom. The van der Waals surface area contributed by atoms with Crippen LogP contribution in [-0.4, -0.2) is 13.1 Å². The highest BCUT2D eigenvalue weighted by molar-refractivity contribution is 5.66. The Bertz CT molecular complexity index is 772. The fourth-order valence-corrected chi connectivity index (χ4v) is 3.25. The van der Waals surface area contributed by atoms with Gasteiger partial charge in [0.15, 0.2) is 0 Å². The van der Waals surface area contributed by atoms with Crippen molar-refractivity contribution in [2.75, 3.05) is 13.1 Å². The van der Waals surface area contributed by atoms with Crippen molar-refractivity contribution in [2.24, 2.45) is 0 Å². The van der Waals surface area contributed by atoms with Crippen LogP contribution >= 0.6 is 0 Å². The van der Waals surface area contributed by atoms with Crippen LogP contribution < -0.4 is 5.32 Å². The number of piperidine rings is 1. The molecule has 1 heterocycles. The van der Waals surface area contributed by atoms with Crippen LogP contribution in [0.2, 0.25) is 0 Å². The summed E-state index contributed by atoms with van der Waals surface area (Å²) in [4.78, 5) is 0. The summed E-state index contributed by atoms with van der Waals surface area (Å²) in [5.41, 5.74) is -0.911. The molecule has 0 radical (unpaired) electrons. The third-order valence-corrected chi connectivity index (χ3v) is 4.62. The molecule has 0 bridgehead atoms. The lowest BCUT2D eigenvalue weighted by Gasteiger charge is -2.24. The van der Waals surface area contributed by atoms with Crippen LogP contribution in [0.25, 0.3) is 11.1 Å². The SMILES string of the molecule is FC(F)(F)c1cccc(-c2cc(C3CCNCC3)cc(C(F)(F)F)c2)c1. The summed E-state index contributed by atoms with van der Waals surface area (Å²) in [5, 5.41) is 3.15. The van der Waals surface area contributed by atoms with E-state index in [1.807, 2.05) is 0 Å². The van der Waals surface area contributed by atoms with Crippen molar-refractivity contribution in [1.29, 1.82) is 0 Å². The van der Waals surface area contributed by atoms with Crippen LogP contribution in [0.3, 0.4) is 0 Å². The summed E-state index contributed by atoms with van der Waals surface area (Å²) in [6.07, 6.45) is -7.71. The number of benzene rings is 2. The first-order chi connectivity index (χ1) is 12.1. The van der Waals surface area contributed by atoms with E-state index in [1.54, 1.807) is 6.07 Å². The lowest BCUT2D eigenvalue weighted by Crippen LogP contribution is -2.26. The minimum Gasteiger partial charge on any atom is -0.317 e. The summed E-state index contributed by atoms with van der Waals surface area (Å²) in [6, 6.07) is 8.03. The van der Waals surface area contributed by atoms with Crippen LogP contribution in [0, 0.1) is 0 Å². The molecule has 0 atom stereocenters. The number of halogens is 6. The Hall–Kier alpha value is -2.02. The Morgan fingerprint density at radius 3 is 1.96 bits per heavy atom. The Morgan fingerprint density at radius 2 is 1.35 bits per heavy atom. The van der Waals surface area contributed by atoms with E-state index in [2.05, 4.69) is 5.32 Å².